The van der Waals surface area contributed by atoms with Crippen LogP contribution in [0.25, 0.3) is 10.8 Å². The predicted molar refractivity (Wildman–Crippen MR) is 124 cm³/mol. The number of amides is 1. The van der Waals surface area contributed by atoms with E-state index in [9.17, 15) is 9.59 Å². The Labute approximate surface area is 185 Å². The van der Waals surface area contributed by atoms with Gasteiger partial charge in [-0.3, -0.25) is 9.59 Å². The first-order valence-electron chi connectivity index (χ1n) is 10.1. The molecule has 0 bridgehead atoms. The normalized spacial score (nSPS) is 12.1. The summed E-state index contributed by atoms with van der Waals surface area (Å²) in [4.78, 5) is 26.3. The number of nitrogens with one attached hydrogen (secondary N) is 1. The van der Waals surface area contributed by atoms with Crippen LogP contribution >= 0.6 is 11.6 Å². The second kappa shape index (κ2) is 8.74. The average molecular weight is 432 g/mol. The summed E-state index contributed by atoms with van der Waals surface area (Å²) >= 11 is 6.06. The summed E-state index contributed by atoms with van der Waals surface area (Å²) in [5, 5.41) is 9.16. The lowest BCUT2D eigenvalue weighted by Gasteiger charge is -2.21. The number of nitrogens with zero attached hydrogens (tertiary/aromatic N) is 2. The molecular weight excluding hydrogens is 410 g/mol. The maximum atomic E-state index is 13.5. The van der Waals surface area contributed by atoms with Crippen LogP contribution in [0.2, 0.25) is 5.02 Å². The molecule has 3 aromatic carbocycles. The van der Waals surface area contributed by atoms with E-state index < -0.39 is 6.04 Å². The van der Waals surface area contributed by atoms with Gasteiger partial charge < -0.3 is 5.32 Å². The summed E-state index contributed by atoms with van der Waals surface area (Å²) in [5.74, 6) is -0.352. The van der Waals surface area contributed by atoms with Crippen LogP contribution < -0.4 is 10.9 Å². The van der Waals surface area contributed by atoms with E-state index in [1.54, 1.807) is 36.4 Å². The fraction of sp³-hybridized carbons (Fsp3) is 0.160. The second-order valence-electron chi connectivity index (χ2n) is 7.61. The second-order valence-corrected chi connectivity index (χ2v) is 8.04. The van der Waals surface area contributed by atoms with E-state index >= 15 is 0 Å². The van der Waals surface area contributed by atoms with Crippen LogP contribution in [-0.2, 0) is 0 Å². The molecule has 0 fully saturated rings. The van der Waals surface area contributed by atoms with Crippen LogP contribution in [0.15, 0.2) is 83.7 Å². The third-order valence-corrected chi connectivity index (χ3v) is 5.40. The summed E-state index contributed by atoms with van der Waals surface area (Å²) in [5.41, 5.74) is 1.84. The Morgan fingerprint density at radius 2 is 1.45 bits per heavy atom. The first-order chi connectivity index (χ1) is 15.0. The van der Waals surface area contributed by atoms with E-state index in [4.69, 9.17) is 11.6 Å². The number of carbonyl (C=O) groups excluding carboxylic acids is 1. The molecule has 1 unspecified atom stereocenters. The average Bonchev–Trinajstić information content (AvgIpc) is 2.79. The Morgan fingerprint density at radius 1 is 0.871 bits per heavy atom. The van der Waals surface area contributed by atoms with Crippen LogP contribution in [0.4, 0.5) is 0 Å². The van der Waals surface area contributed by atoms with E-state index in [0.29, 0.717) is 15.8 Å². The molecule has 0 spiro atoms. The van der Waals surface area contributed by atoms with Gasteiger partial charge in [-0.05, 0) is 43.2 Å². The summed E-state index contributed by atoms with van der Waals surface area (Å²) in [6.45, 7) is 3.73. The van der Waals surface area contributed by atoms with Crippen molar-refractivity contribution in [3.05, 3.63) is 111 Å². The molecule has 0 saturated heterocycles. The largest absolute Gasteiger partial charge is 0.340 e. The Bertz CT molecular complexity index is 1280. The van der Waals surface area contributed by atoms with Crippen LogP contribution in [0.1, 0.15) is 47.5 Å². The third kappa shape index (κ3) is 4.23. The van der Waals surface area contributed by atoms with E-state index in [2.05, 4.69) is 10.4 Å². The Balaban J connectivity index is 1.81. The quantitative estimate of drug-likeness (QED) is 0.475. The zero-order valence-electron chi connectivity index (χ0n) is 17.2. The summed E-state index contributed by atoms with van der Waals surface area (Å²) in [6.07, 6.45) is 0. The van der Waals surface area contributed by atoms with Crippen LogP contribution in [0.5, 0.6) is 0 Å². The van der Waals surface area contributed by atoms with Gasteiger partial charge in [-0.15, -0.1) is 0 Å². The highest BCUT2D eigenvalue weighted by atomic mass is 35.5. The molecular formula is C25H22ClN3O2. The van der Waals surface area contributed by atoms with Crippen molar-refractivity contribution < 1.29 is 4.79 Å². The smallest absolute Gasteiger partial charge is 0.274 e. The van der Waals surface area contributed by atoms with Gasteiger partial charge in [-0.1, -0.05) is 72.3 Å². The van der Waals surface area contributed by atoms with E-state index in [1.807, 2.05) is 56.3 Å². The summed E-state index contributed by atoms with van der Waals surface area (Å²) < 4.78 is 1.36. The molecule has 4 rings (SSSR count). The lowest BCUT2D eigenvalue weighted by atomic mass is 9.98. The lowest BCUT2D eigenvalue weighted by molar-refractivity contribution is 0.0937. The number of aromatic nitrogens is 2. The number of hydrogen-bond donors (Lipinski definition) is 1. The highest BCUT2D eigenvalue weighted by Crippen LogP contribution is 2.25. The summed E-state index contributed by atoms with van der Waals surface area (Å²) in [6, 6.07) is 23.6. The zero-order valence-corrected chi connectivity index (χ0v) is 18.0. The summed E-state index contributed by atoms with van der Waals surface area (Å²) in [7, 11) is 0. The number of fused-ring (bicyclic) bond motifs is 1. The first kappa shape index (κ1) is 20.8. The highest BCUT2D eigenvalue weighted by molar-refractivity contribution is 6.30. The number of carbonyl (C=O) groups is 1. The minimum absolute atomic E-state index is 0.176. The van der Waals surface area contributed by atoms with Gasteiger partial charge in [-0.2, -0.15) is 5.10 Å². The maximum Gasteiger partial charge on any atom is 0.274 e. The molecule has 0 radical (unpaired) electrons. The first-order valence-corrected chi connectivity index (χ1v) is 10.5. The molecule has 0 aliphatic rings. The molecule has 1 atom stereocenters. The number of rotatable bonds is 5. The van der Waals surface area contributed by atoms with Gasteiger partial charge >= 0.3 is 0 Å². The van der Waals surface area contributed by atoms with Crippen LogP contribution in [0, 0.1) is 0 Å². The van der Waals surface area contributed by atoms with Gasteiger partial charge in [-0.25, -0.2) is 4.68 Å². The molecule has 31 heavy (non-hydrogen) atoms. The van der Waals surface area contributed by atoms with Crippen LogP contribution in [0.3, 0.4) is 0 Å². The molecule has 1 amide bonds. The molecule has 5 nitrogen and oxygen atoms in total. The van der Waals surface area contributed by atoms with Gasteiger partial charge in [0.1, 0.15) is 0 Å². The Morgan fingerprint density at radius 3 is 2.10 bits per heavy atom. The molecule has 1 heterocycles. The maximum absolute atomic E-state index is 13.5. The van der Waals surface area contributed by atoms with Crippen LogP contribution in [-0.4, -0.2) is 15.7 Å². The number of benzene rings is 3. The molecule has 0 saturated carbocycles. The Kier molecular flexibility index (Phi) is 5.87. The molecule has 0 aliphatic carbocycles. The molecule has 6 heteroatoms. The van der Waals surface area contributed by atoms with Crippen molar-refractivity contribution in [2.45, 2.75) is 25.9 Å². The van der Waals surface area contributed by atoms with Crippen molar-refractivity contribution in [1.82, 2.24) is 15.1 Å². The predicted octanol–water partition coefficient (Wildman–Crippen LogP) is 5.15. The fourth-order valence-electron chi connectivity index (χ4n) is 3.58. The van der Waals surface area contributed by atoms with Gasteiger partial charge in [0.2, 0.25) is 0 Å². The van der Waals surface area contributed by atoms with Crippen molar-refractivity contribution in [2.75, 3.05) is 0 Å². The standard InChI is InChI=1S/C25H22ClN3O2/c1-16(2)29-25(31)21-11-7-6-10-20(21)23(28-29)24(30)27-22(17-8-4-3-5-9-17)18-12-14-19(26)15-13-18/h3-16,22H,1-2H3,(H,27,30). The third-order valence-electron chi connectivity index (χ3n) is 5.14. The van der Waals surface area contributed by atoms with Gasteiger partial charge in [0.15, 0.2) is 5.69 Å². The fourth-order valence-corrected chi connectivity index (χ4v) is 3.71. The molecule has 0 aliphatic heterocycles. The SMILES string of the molecule is CC(C)n1nc(C(=O)NC(c2ccccc2)c2ccc(Cl)cc2)c2ccccc2c1=O. The van der Waals surface area contributed by atoms with Crippen molar-refractivity contribution in [1.29, 1.82) is 0 Å². The van der Waals surface area contributed by atoms with E-state index in [1.165, 1.54) is 4.68 Å². The van der Waals surface area contributed by atoms with Gasteiger partial charge in [0.05, 0.1) is 17.5 Å². The van der Waals surface area contributed by atoms with Crippen molar-refractivity contribution in [2.24, 2.45) is 0 Å². The molecule has 1 N–H and O–H groups in total. The zero-order chi connectivity index (χ0) is 22.0. The highest BCUT2D eigenvalue weighted by Gasteiger charge is 2.22. The van der Waals surface area contributed by atoms with Crippen molar-refractivity contribution in [3.63, 3.8) is 0 Å². The number of hydrogen-bond acceptors (Lipinski definition) is 3. The lowest BCUT2D eigenvalue weighted by Crippen LogP contribution is -2.34. The Hall–Kier alpha value is -3.44. The van der Waals surface area contributed by atoms with Gasteiger partial charge in [0.25, 0.3) is 11.5 Å². The molecule has 156 valence electrons. The van der Waals surface area contributed by atoms with E-state index in [0.717, 1.165) is 11.1 Å². The van der Waals surface area contributed by atoms with Crippen molar-refractivity contribution >= 4 is 28.3 Å². The minimum atomic E-state index is -0.397. The monoisotopic (exact) mass is 431 g/mol. The molecule has 1 aromatic heterocycles. The topological polar surface area (TPSA) is 64.0 Å². The minimum Gasteiger partial charge on any atom is -0.340 e. The van der Waals surface area contributed by atoms with Crippen molar-refractivity contribution in [3.8, 4) is 0 Å². The number of halogens is 1. The van der Waals surface area contributed by atoms with Gasteiger partial charge in [0, 0.05) is 10.4 Å². The van der Waals surface area contributed by atoms with E-state index in [-0.39, 0.29) is 23.2 Å². The molecule has 4 aromatic rings.